The van der Waals surface area contributed by atoms with Crippen molar-refractivity contribution in [1.29, 1.82) is 0 Å². The Kier molecular flexibility index (Phi) is 4.77. The summed E-state index contributed by atoms with van der Waals surface area (Å²) in [7, 11) is 0. The second-order valence-electron chi connectivity index (χ2n) is 10.1. The van der Waals surface area contributed by atoms with E-state index in [2.05, 4.69) is 121 Å². The van der Waals surface area contributed by atoms with Crippen LogP contribution < -0.4 is 9.47 Å². The molecule has 2 aliphatic heterocycles. The molecule has 1 spiro atoms. The lowest BCUT2D eigenvalue weighted by Gasteiger charge is -2.45. The molecule has 6 aromatic rings. The fourth-order valence-electron chi connectivity index (χ4n) is 6.29. The molecule has 6 aromatic carbocycles. The van der Waals surface area contributed by atoms with Crippen LogP contribution >= 0.6 is 0 Å². The van der Waals surface area contributed by atoms with Crippen molar-refractivity contribution in [2.24, 2.45) is 0 Å². The van der Waals surface area contributed by atoms with Crippen molar-refractivity contribution in [2.45, 2.75) is 5.41 Å². The molecule has 2 aliphatic rings. The average molecular weight is 501 g/mol. The third kappa shape index (κ3) is 3.22. The monoisotopic (exact) mass is 500 g/mol. The maximum atomic E-state index is 6.82. The average Bonchev–Trinajstić information content (AvgIpc) is 3.01. The SMILES string of the molecule is c1ccc(-c2ccc3c(c2)Oc2cc(-c4ccccc4)ccc2C32c3ccccc3Oc3ccccc32)cc1. The van der Waals surface area contributed by atoms with Gasteiger partial charge in [-0.1, -0.05) is 121 Å². The van der Waals surface area contributed by atoms with Crippen molar-refractivity contribution in [3.8, 4) is 45.3 Å². The van der Waals surface area contributed by atoms with E-state index in [0.717, 1.165) is 67.5 Å². The van der Waals surface area contributed by atoms with Crippen molar-refractivity contribution in [3.63, 3.8) is 0 Å². The van der Waals surface area contributed by atoms with E-state index < -0.39 is 5.41 Å². The minimum Gasteiger partial charge on any atom is -0.457 e. The molecule has 0 radical (unpaired) electrons. The molecule has 0 saturated heterocycles. The predicted octanol–water partition coefficient (Wildman–Crippen LogP) is 9.61. The lowest BCUT2D eigenvalue weighted by molar-refractivity contribution is 0.399. The zero-order chi connectivity index (χ0) is 25.8. The lowest BCUT2D eigenvalue weighted by atomic mass is 9.62. The van der Waals surface area contributed by atoms with Gasteiger partial charge in [0.2, 0.25) is 0 Å². The molecule has 2 nitrogen and oxygen atoms in total. The standard InChI is InChI=1S/C37H24O2/c1-3-11-25(12-4-1)27-19-21-31-35(23-27)39-36-24-28(26-13-5-2-6-14-26)20-22-32(36)37(31)29-15-7-9-17-33(29)38-34-18-10-8-16-30(34)37/h1-24H. The molecule has 8 rings (SSSR count). The van der Waals surface area contributed by atoms with Crippen molar-refractivity contribution in [1.82, 2.24) is 0 Å². The summed E-state index contributed by atoms with van der Waals surface area (Å²) in [5, 5.41) is 0. The van der Waals surface area contributed by atoms with Gasteiger partial charge in [0.25, 0.3) is 0 Å². The second kappa shape index (κ2) is 8.47. The van der Waals surface area contributed by atoms with Gasteiger partial charge < -0.3 is 9.47 Å². The second-order valence-corrected chi connectivity index (χ2v) is 10.1. The molecular formula is C37H24O2. The Balaban J connectivity index is 1.46. The van der Waals surface area contributed by atoms with Crippen LogP contribution in [0.15, 0.2) is 146 Å². The molecule has 0 N–H and O–H groups in total. The first-order valence-electron chi connectivity index (χ1n) is 13.3. The molecule has 2 heteroatoms. The van der Waals surface area contributed by atoms with Gasteiger partial charge in [0.15, 0.2) is 0 Å². The van der Waals surface area contributed by atoms with Gasteiger partial charge in [0.1, 0.15) is 23.0 Å². The summed E-state index contributed by atoms with van der Waals surface area (Å²) < 4.78 is 13.3. The number of benzene rings is 6. The molecule has 0 unspecified atom stereocenters. The van der Waals surface area contributed by atoms with E-state index in [0.29, 0.717) is 0 Å². The van der Waals surface area contributed by atoms with E-state index in [-0.39, 0.29) is 0 Å². The van der Waals surface area contributed by atoms with E-state index >= 15 is 0 Å². The Morgan fingerprint density at radius 3 is 1.18 bits per heavy atom. The van der Waals surface area contributed by atoms with Crippen LogP contribution in [0, 0.1) is 0 Å². The third-order valence-corrected chi connectivity index (χ3v) is 8.01. The highest BCUT2D eigenvalue weighted by Crippen LogP contribution is 2.61. The van der Waals surface area contributed by atoms with E-state index in [1.54, 1.807) is 0 Å². The van der Waals surface area contributed by atoms with Crippen LogP contribution in [0.2, 0.25) is 0 Å². The Labute approximate surface area is 227 Å². The first-order valence-corrected chi connectivity index (χ1v) is 13.3. The van der Waals surface area contributed by atoms with Gasteiger partial charge in [0.05, 0.1) is 5.41 Å². The normalized spacial score (nSPS) is 13.7. The molecule has 0 amide bonds. The number of hydrogen-bond donors (Lipinski definition) is 0. The van der Waals surface area contributed by atoms with E-state index in [9.17, 15) is 0 Å². The predicted molar refractivity (Wildman–Crippen MR) is 156 cm³/mol. The summed E-state index contributed by atoms with van der Waals surface area (Å²) in [6, 6.07) is 51.0. The van der Waals surface area contributed by atoms with Crippen LogP contribution in [0.4, 0.5) is 0 Å². The lowest BCUT2D eigenvalue weighted by Crippen LogP contribution is -2.36. The summed E-state index contributed by atoms with van der Waals surface area (Å²) >= 11 is 0. The summed E-state index contributed by atoms with van der Waals surface area (Å²) in [6.07, 6.45) is 0. The minimum absolute atomic E-state index is 0.585. The summed E-state index contributed by atoms with van der Waals surface area (Å²) in [4.78, 5) is 0. The van der Waals surface area contributed by atoms with Gasteiger partial charge in [-0.2, -0.15) is 0 Å². The summed E-state index contributed by atoms with van der Waals surface area (Å²) in [6.45, 7) is 0. The van der Waals surface area contributed by atoms with Crippen molar-refractivity contribution >= 4 is 0 Å². The van der Waals surface area contributed by atoms with E-state index in [1.807, 2.05) is 24.3 Å². The maximum Gasteiger partial charge on any atom is 0.132 e. The van der Waals surface area contributed by atoms with Crippen LogP contribution in [0.1, 0.15) is 22.3 Å². The summed E-state index contributed by atoms with van der Waals surface area (Å²) in [5.74, 6) is 3.46. The third-order valence-electron chi connectivity index (χ3n) is 8.01. The number of rotatable bonds is 2. The molecule has 0 saturated carbocycles. The topological polar surface area (TPSA) is 18.5 Å². The van der Waals surface area contributed by atoms with E-state index in [4.69, 9.17) is 9.47 Å². The molecular weight excluding hydrogens is 476 g/mol. The minimum atomic E-state index is -0.585. The number of fused-ring (bicyclic) bond motifs is 8. The van der Waals surface area contributed by atoms with Crippen molar-refractivity contribution in [2.75, 3.05) is 0 Å². The number of hydrogen-bond acceptors (Lipinski definition) is 2. The quantitative estimate of drug-likeness (QED) is 0.235. The fourth-order valence-corrected chi connectivity index (χ4v) is 6.29. The van der Waals surface area contributed by atoms with Gasteiger partial charge in [-0.05, 0) is 46.5 Å². The Hall–Kier alpha value is -5.08. The fraction of sp³-hybridized carbons (Fsp3) is 0.0270. The molecule has 0 bridgehead atoms. The van der Waals surface area contributed by atoms with Gasteiger partial charge in [0, 0.05) is 22.3 Å². The number of para-hydroxylation sites is 2. The zero-order valence-corrected chi connectivity index (χ0v) is 21.2. The van der Waals surface area contributed by atoms with Crippen LogP contribution in [0.5, 0.6) is 23.0 Å². The molecule has 0 atom stereocenters. The molecule has 39 heavy (non-hydrogen) atoms. The maximum absolute atomic E-state index is 6.82. The van der Waals surface area contributed by atoms with E-state index in [1.165, 1.54) is 0 Å². The van der Waals surface area contributed by atoms with Crippen LogP contribution in [0.25, 0.3) is 22.3 Å². The largest absolute Gasteiger partial charge is 0.457 e. The van der Waals surface area contributed by atoms with Crippen molar-refractivity contribution in [3.05, 3.63) is 168 Å². The van der Waals surface area contributed by atoms with Gasteiger partial charge >= 0.3 is 0 Å². The van der Waals surface area contributed by atoms with Crippen LogP contribution in [-0.4, -0.2) is 0 Å². The highest BCUT2D eigenvalue weighted by molar-refractivity contribution is 5.79. The molecule has 0 aliphatic carbocycles. The van der Waals surface area contributed by atoms with Crippen LogP contribution in [-0.2, 0) is 5.41 Å². The molecule has 0 fully saturated rings. The molecule has 184 valence electrons. The van der Waals surface area contributed by atoms with Gasteiger partial charge in [-0.3, -0.25) is 0 Å². The molecule has 2 heterocycles. The van der Waals surface area contributed by atoms with Gasteiger partial charge in [-0.15, -0.1) is 0 Å². The highest BCUT2D eigenvalue weighted by atomic mass is 16.5. The Morgan fingerprint density at radius 2 is 0.692 bits per heavy atom. The number of ether oxygens (including phenoxy) is 2. The Morgan fingerprint density at radius 1 is 0.308 bits per heavy atom. The summed E-state index contributed by atoms with van der Waals surface area (Å²) in [5.41, 5.74) is 8.46. The van der Waals surface area contributed by atoms with Crippen molar-refractivity contribution < 1.29 is 9.47 Å². The highest BCUT2D eigenvalue weighted by Gasteiger charge is 2.50. The smallest absolute Gasteiger partial charge is 0.132 e. The Bertz CT molecular complexity index is 1720. The van der Waals surface area contributed by atoms with Crippen LogP contribution in [0.3, 0.4) is 0 Å². The zero-order valence-electron chi connectivity index (χ0n) is 21.2. The van der Waals surface area contributed by atoms with Gasteiger partial charge in [-0.25, -0.2) is 0 Å². The first-order chi connectivity index (χ1) is 19.3. The first kappa shape index (κ1) is 22.0. The molecule has 0 aromatic heterocycles.